The van der Waals surface area contributed by atoms with Crippen molar-refractivity contribution in [3.63, 3.8) is 0 Å². The second-order valence-corrected chi connectivity index (χ2v) is 9.04. The summed E-state index contributed by atoms with van der Waals surface area (Å²) < 4.78 is 119. The van der Waals surface area contributed by atoms with Crippen molar-refractivity contribution in [2.45, 2.75) is 39.2 Å². The minimum absolute atomic E-state index is 0.140. The Morgan fingerprint density at radius 1 is 0.667 bits per heavy atom. The van der Waals surface area contributed by atoms with E-state index in [4.69, 9.17) is 0 Å². The van der Waals surface area contributed by atoms with Crippen LogP contribution >= 0.6 is 0 Å². The normalized spacial score (nSPS) is 11.6. The summed E-state index contributed by atoms with van der Waals surface area (Å²) in [5, 5.41) is 0. The molecule has 204 valence electrons. The SMILES string of the molecule is CCCCc1ccc(-c2ccc(-c3cc(F)c(C(F)(F)Oc4cc(F)c(F)c(F)c4C)c(F)c3)c(F)c2)cc1. The number of hydrogen-bond acceptors (Lipinski definition) is 1. The van der Waals surface area contributed by atoms with Gasteiger partial charge in [-0.3, -0.25) is 0 Å². The van der Waals surface area contributed by atoms with E-state index in [0.717, 1.165) is 37.8 Å². The van der Waals surface area contributed by atoms with Crippen molar-refractivity contribution >= 4 is 0 Å². The summed E-state index contributed by atoms with van der Waals surface area (Å²) in [6, 6.07) is 12.6. The van der Waals surface area contributed by atoms with Gasteiger partial charge in [-0.15, -0.1) is 0 Å². The number of halogens is 8. The molecule has 9 heteroatoms. The minimum Gasteiger partial charge on any atom is -0.428 e. The molecule has 1 nitrogen and oxygen atoms in total. The maximum atomic E-state index is 15.0. The second-order valence-electron chi connectivity index (χ2n) is 9.04. The predicted molar refractivity (Wildman–Crippen MR) is 131 cm³/mol. The molecule has 0 saturated carbocycles. The molecule has 0 saturated heterocycles. The van der Waals surface area contributed by atoms with E-state index in [1.54, 1.807) is 0 Å². The highest BCUT2D eigenvalue weighted by atomic mass is 19.3. The standard InChI is InChI=1S/C30H22F8O/c1-3-4-5-17-6-8-18(9-7-17)19-10-11-21(22(31)12-19)20-13-23(32)27(24(33)14-20)30(37,38)39-26-15-25(34)29(36)28(35)16(26)2/h6-15H,3-5H2,1-2H3. The van der Waals surface area contributed by atoms with E-state index in [-0.39, 0.29) is 17.2 Å². The van der Waals surface area contributed by atoms with Crippen LogP contribution in [0.2, 0.25) is 0 Å². The van der Waals surface area contributed by atoms with Crippen molar-refractivity contribution in [2.24, 2.45) is 0 Å². The lowest BCUT2D eigenvalue weighted by molar-refractivity contribution is -0.190. The number of unbranched alkanes of at least 4 members (excludes halogenated alkanes) is 1. The number of ether oxygens (including phenoxy) is 1. The summed E-state index contributed by atoms with van der Waals surface area (Å²) in [6.45, 7) is 2.91. The third-order valence-electron chi connectivity index (χ3n) is 6.32. The van der Waals surface area contributed by atoms with E-state index in [1.807, 2.05) is 24.3 Å². The summed E-state index contributed by atoms with van der Waals surface area (Å²) in [5.74, 6) is -11.1. The summed E-state index contributed by atoms with van der Waals surface area (Å²) in [5.41, 5.74) is -0.947. The van der Waals surface area contributed by atoms with Gasteiger partial charge in [0, 0.05) is 17.2 Å². The molecule has 0 atom stereocenters. The highest BCUT2D eigenvalue weighted by Gasteiger charge is 2.42. The molecule has 0 radical (unpaired) electrons. The van der Waals surface area contributed by atoms with Crippen molar-refractivity contribution in [1.29, 1.82) is 0 Å². The van der Waals surface area contributed by atoms with Crippen LogP contribution in [0.5, 0.6) is 5.75 Å². The van der Waals surface area contributed by atoms with Crippen LogP contribution in [0.15, 0.2) is 60.7 Å². The summed E-state index contributed by atoms with van der Waals surface area (Å²) in [6.07, 6.45) is -1.75. The first-order valence-corrected chi connectivity index (χ1v) is 12.0. The van der Waals surface area contributed by atoms with Gasteiger partial charge in [0.25, 0.3) is 0 Å². The lowest BCUT2D eigenvalue weighted by atomic mass is 9.97. The average molecular weight is 550 g/mol. The van der Waals surface area contributed by atoms with E-state index in [2.05, 4.69) is 11.7 Å². The molecule has 0 heterocycles. The van der Waals surface area contributed by atoms with Crippen molar-refractivity contribution in [1.82, 2.24) is 0 Å². The van der Waals surface area contributed by atoms with Gasteiger partial charge in [0.05, 0.1) is 0 Å². The summed E-state index contributed by atoms with van der Waals surface area (Å²) in [7, 11) is 0. The van der Waals surface area contributed by atoms with Crippen LogP contribution in [-0.4, -0.2) is 0 Å². The highest BCUT2D eigenvalue weighted by molar-refractivity contribution is 5.71. The Morgan fingerprint density at radius 3 is 1.85 bits per heavy atom. The molecule has 0 amide bonds. The van der Waals surface area contributed by atoms with E-state index in [9.17, 15) is 35.1 Å². The van der Waals surface area contributed by atoms with Crippen molar-refractivity contribution in [3.8, 4) is 28.0 Å². The largest absolute Gasteiger partial charge is 0.432 e. The van der Waals surface area contributed by atoms with Crippen LogP contribution in [0, 0.1) is 41.8 Å². The Bertz CT molecular complexity index is 1490. The predicted octanol–water partition coefficient (Wildman–Crippen LogP) is 9.63. The smallest absolute Gasteiger partial charge is 0.428 e. The fraction of sp³-hybridized carbons (Fsp3) is 0.200. The molecule has 4 aromatic carbocycles. The number of benzene rings is 4. The molecule has 0 spiro atoms. The first-order chi connectivity index (χ1) is 18.4. The van der Waals surface area contributed by atoms with Gasteiger partial charge < -0.3 is 4.74 Å². The molecule has 0 aliphatic heterocycles. The summed E-state index contributed by atoms with van der Waals surface area (Å²) in [4.78, 5) is 0. The Balaban J connectivity index is 1.63. The zero-order valence-corrected chi connectivity index (χ0v) is 20.8. The number of rotatable bonds is 8. The zero-order valence-electron chi connectivity index (χ0n) is 20.8. The van der Waals surface area contributed by atoms with E-state index >= 15 is 0 Å². The van der Waals surface area contributed by atoms with Gasteiger partial charge in [-0.1, -0.05) is 49.7 Å². The molecule has 0 N–H and O–H groups in total. The quantitative estimate of drug-likeness (QED) is 0.157. The van der Waals surface area contributed by atoms with Crippen LogP contribution in [0.25, 0.3) is 22.3 Å². The fourth-order valence-electron chi connectivity index (χ4n) is 4.14. The highest BCUT2D eigenvalue weighted by Crippen LogP contribution is 2.39. The molecule has 0 aliphatic carbocycles. The maximum absolute atomic E-state index is 15.0. The lowest BCUT2D eigenvalue weighted by Gasteiger charge is -2.21. The van der Waals surface area contributed by atoms with E-state index in [0.29, 0.717) is 23.3 Å². The minimum atomic E-state index is -4.75. The van der Waals surface area contributed by atoms with E-state index < -0.39 is 57.9 Å². The molecule has 4 rings (SSSR count). The van der Waals surface area contributed by atoms with Crippen molar-refractivity contribution < 1.29 is 39.9 Å². The van der Waals surface area contributed by atoms with Crippen molar-refractivity contribution in [2.75, 3.05) is 0 Å². The molecule has 39 heavy (non-hydrogen) atoms. The monoisotopic (exact) mass is 550 g/mol. The Morgan fingerprint density at radius 2 is 1.26 bits per heavy atom. The molecule has 0 bridgehead atoms. The first kappa shape index (κ1) is 28.1. The molecule has 0 fully saturated rings. The Hall–Kier alpha value is -3.88. The van der Waals surface area contributed by atoms with Gasteiger partial charge in [0.15, 0.2) is 17.5 Å². The van der Waals surface area contributed by atoms with Crippen molar-refractivity contribution in [3.05, 3.63) is 112 Å². The Kier molecular flexibility index (Phi) is 7.99. The van der Waals surface area contributed by atoms with Gasteiger partial charge in [-0.2, -0.15) is 8.78 Å². The number of alkyl halides is 2. The second kappa shape index (κ2) is 11.1. The molecule has 0 unspecified atom stereocenters. The molecule has 0 aromatic heterocycles. The average Bonchev–Trinajstić information content (AvgIpc) is 2.88. The molecule has 0 aliphatic rings. The fourth-order valence-corrected chi connectivity index (χ4v) is 4.14. The summed E-state index contributed by atoms with van der Waals surface area (Å²) >= 11 is 0. The van der Waals surface area contributed by atoms with Gasteiger partial charge in [0.1, 0.15) is 28.8 Å². The number of aryl methyl sites for hydroxylation is 1. The molecular formula is C30H22F8O. The maximum Gasteiger partial charge on any atom is 0.432 e. The third kappa shape index (κ3) is 5.77. The molecule has 4 aromatic rings. The lowest BCUT2D eigenvalue weighted by Crippen LogP contribution is -2.26. The van der Waals surface area contributed by atoms with Gasteiger partial charge in [0.2, 0.25) is 0 Å². The Labute approximate surface area is 219 Å². The van der Waals surface area contributed by atoms with Crippen LogP contribution in [0.1, 0.15) is 36.5 Å². The molecular weight excluding hydrogens is 528 g/mol. The van der Waals surface area contributed by atoms with Gasteiger partial charge in [-0.05, 0) is 60.2 Å². The third-order valence-corrected chi connectivity index (χ3v) is 6.32. The zero-order chi connectivity index (χ0) is 28.5. The topological polar surface area (TPSA) is 9.23 Å². The van der Waals surface area contributed by atoms with Crippen LogP contribution in [0.3, 0.4) is 0 Å². The van der Waals surface area contributed by atoms with Crippen LogP contribution in [-0.2, 0) is 12.5 Å². The first-order valence-electron chi connectivity index (χ1n) is 12.0. The van der Waals surface area contributed by atoms with E-state index in [1.165, 1.54) is 12.1 Å². The van der Waals surface area contributed by atoms with Gasteiger partial charge >= 0.3 is 6.11 Å². The van der Waals surface area contributed by atoms with Crippen LogP contribution in [0.4, 0.5) is 35.1 Å². The van der Waals surface area contributed by atoms with Crippen LogP contribution < -0.4 is 4.74 Å². The number of hydrogen-bond donors (Lipinski definition) is 0. The van der Waals surface area contributed by atoms with Gasteiger partial charge in [-0.25, -0.2) is 26.3 Å².